The zero-order valence-electron chi connectivity index (χ0n) is 15.8. The summed E-state index contributed by atoms with van der Waals surface area (Å²) in [5, 5.41) is 11.9. The van der Waals surface area contributed by atoms with E-state index in [0.29, 0.717) is 0 Å². The van der Waals surface area contributed by atoms with E-state index in [1.165, 1.54) is 0 Å². The van der Waals surface area contributed by atoms with Crippen LogP contribution in [0.15, 0.2) is 24.3 Å². The molecule has 0 radical (unpaired) electrons. The molecular formula is C19H29N3O4. The molecule has 1 aromatic carbocycles. The van der Waals surface area contributed by atoms with Gasteiger partial charge in [-0.3, -0.25) is 19.4 Å². The number of methoxy groups -OCH3 is 1. The Hall–Kier alpha value is -2.12. The van der Waals surface area contributed by atoms with Gasteiger partial charge in [-0.25, -0.2) is 0 Å². The lowest BCUT2D eigenvalue weighted by atomic mass is 10.0. The molecule has 1 aliphatic heterocycles. The van der Waals surface area contributed by atoms with Crippen LogP contribution in [-0.4, -0.2) is 72.7 Å². The van der Waals surface area contributed by atoms with Crippen LogP contribution in [0.4, 0.5) is 5.69 Å². The number of nitrogens with zero attached hydrogens (tertiary/aromatic N) is 2. The number of carbonyl (C=O) groups is 2. The van der Waals surface area contributed by atoms with Gasteiger partial charge in [-0.15, -0.1) is 0 Å². The summed E-state index contributed by atoms with van der Waals surface area (Å²) in [5.74, 6) is -0.0576. The van der Waals surface area contributed by atoms with Gasteiger partial charge in [0.1, 0.15) is 5.75 Å². The van der Waals surface area contributed by atoms with Crippen molar-refractivity contribution in [1.82, 2.24) is 9.80 Å². The Morgan fingerprint density at radius 3 is 2.42 bits per heavy atom. The van der Waals surface area contributed by atoms with Crippen molar-refractivity contribution in [3.05, 3.63) is 24.3 Å². The van der Waals surface area contributed by atoms with E-state index in [1.54, 1.807) is 7.11 Å². The predicted molar refractivity (Wildman–Crippen MR) is 101 cm³/mol. The molecule has 1 aromatic rings. The number of nitrogens with one attached hydrogen (secondary N) is 1. The Morgan fingerprint density at radius 1 is 1.31 bits per heavy atom. The van der Waals surface area contributed by atoms with E-state index < -0.39 is 5.97 Å². The van der Waals surface area contributed by atoms with E-state index in [2.05, 4.69) is 10.2 Å². The van der Waals surface area contributed by atoms with E-state index in [0.717, 1.165) is 43.8 Å². The van der Waals surface area contributed by atoms with E-state index in [9.17, 15) is 9.59 Å². The van der Waals surface area contributed by atoms with E-state index in [4.69, 9.17) is 9.84 Å². The molecule has 1 atom stereocenters. The van der Waals surface area contributed by atoms with Crippen molar-refractivity contribution in [3.8, 4) is 5.75 Å². The number of benzene rings is 1. The zero-order chi connectivity index (χ0) is 19.1. The maximum atomic E-state index is 12.7. The van der Waals surface area contributed by atoms with Crippen molar-refractivity contribution in [3.63, 3.8) is 0 Å². The van der Waals surface area contributed by atoms with Crippen LogP contribution in [0.2, 0.25) is 0 Å². The Kier molecular flexibility index (Phi) is 7.41. The maximum Gasteiger partial charge on any atom is 0.317 e. The third-order valence-corrected chi connectivity index (χ3v) is 4.99. The molecule has 2 N–H and O–H groups in total. The first-order chi connectivity index (χ1) is 12.4. The normalized spacial score (nSPS) is 17.1. The highest BCUT2D eigenvalue weighted by Crippen LogP contribution is 2.20. The first-order valence-corrected chi connectivity index (χ1v) is 9.05. The number of aliphatic carboxylic acids is 1. The van der Waals surface area contributed by atoms with Crippen molar-refractivity contribution < 1.29 is 19.4 Å². The topological polar surface area (TPSA) is 82.1 Å². The molecule has 0 aliphatic carbocycles. The molecule has 1 unspecified atom stereocenters. The van der Waals surface area contributed by atoms with Crippen molar-refractivity contribution in [1.29, 1.82) is 0 Å². The Balaban J connectivity index is 1.89. The number of hydrogen-bond donors (Lipinski definition) is 2. The number of carboxylic acid groups (broad SMARTS) is 1. The van der Waals surface area contributed by atoms with Gasteiger partial charge in [-0.2, -0.15) is 0 Å². The summed E-state index contributed by atoms with van der Waals surface area (Å²) in [4.78, 5) is 27.6. The lowest BCUT2D eigenvalue weighted by Gasteiger charge is -2.39. The average molecular weight is 363 g/mol. The van der Waals surface area contributed by atoms with E-state index in [1.807, 2.05) is 43.1 Å². The van der Waals surface area contributed by atoms with Gasteiger partial charge in [-0.05, 0) is 50.6 Å². The zero-order valence-corrected chi connectivity index (χ0v) is 15.8. The van der Waals surface area contributed by atoms with Gasteiger partial charge in [0.2, 0.25) is 5.91 Å². The van der Waals surface area contributed by atoms with Gasteiger partial charge >= 0.3 is 5.97 Å². The molecule has 0 saturated carbocycles. The summed E-state index contributed by atoms with van der Waals surface area (Å²) in [6.07, 6.45) is 2.48. The maximum absolute atomic E-state index is 12.7. The second-order valence-corrected chi connectivity index (χ2v) is 6.72. The number of carbonyl (C=O) groups excluding carboxylic acids is 1. The number of hydrogen-bond acceptors (Lipinski definition) is 5. The molecule has 144 valence electrons. The number of ether oxygens (including phenoxy) is 1. The predicted octanol–water partition coefficient (Wildman–Crippen LogP) is 1.89. The van der Waals surface area contributed by atoms with Crippen LogP contribution in [-0.2, 0) is 9.59 Å². The van der Waals surface area contributed by atoms with Crippen LogP contribution >= 0.6 is 0 Å². The highest BCUT2D eigenvalue weighted by molar-refractivity contribution is 5.94. The number of rotatable bonds is 8. The molecule has 1 heterocycles. The van der Waals surface area contributed by atoms with Gasteiger partial charge < -0.3 is 15.2 Å². The molecule has 0 spiro atoms. The fourth-order valence-electron chi connectivity index (χ4n) is 3.49. The monoisotopic (exact) mass is 363 g/mol. The Bertz CT molecular complexity index is 597. The standard InChI is InChI=1S/C19H29N3O4/c1-4-17(19(25)20-14-5-7-16(26-3)8-6-14)22-11-9-15(10-12-22)21(2)13-18(23)24/h5-8,15,17H,4,9-13H2,1-3H3,(H,20,25)(H,23,24). The first-order valence-electron chi connectivity index (χ1n) is 9.05. The van der Waals surface area contributed by atoms with Crippen LogP contribution in [0.3, 0.4) is 0 Å². The minimum atomic E-state index is -0.805. The number of anilines is 1. The van der Waals surface area contributed by atoms with Crippen molar-refractivity contribution in [2.24, 2.45) is 0 Å². The molecule has 1 aliphatic rings. The first kappa shape index (κ1) is 20.2. The number of amides is 1. The van der Waals surface area contributed by atoms with Gasteiger partial charge in [0.05, 0.1) is 19.7 Å². The number of carboxylic acids is 1. The van der Waals surface area contributed by atoms with Crippen LogP contribution in [0.5, 0.6) is 5.75 Å². The fraction of sp³-hybridized carbons (Fsp3) is 0.579. The second kappa shape index (κ2) is 9.54. The molecular weight excluding hydrogens is 334 g/mol. The highest BCUT2D eigenvalue weighted by atomic mass is 16.5. The summed E-state index contributed by atoms with van der Waals surface area (Å²) >= 11 is 0. The minimum Gasteiger partial charge on any atom is -0.497 e. The molecule has 0 bridgehead atoms. The van der Waals surface area contributed by atoms with Crippen LogP contribution in [0.25, 0.3) is 0 Å². The summed E-state index contributed by atoms with van der Waals surface area (Å²) in [6.45, 7) is 3.66. The summed E-state index contributed by atoms with van der Waals surface area (Å²) in [5.41, 5.74) is 0.755. The lowest BCUT2D eigenvalue weighted by molar-refractivity contribution is -0.138. The van der Waals surface area contributed by atoms with E-state index >= 15 is 0 Å². The highest BCUT2D eigenvalue weighted by Gasteiger charge is 2.30. The average Bonchev–Trinajstić information content (AvgIpc) is 2.63. The Labute approximate surface area is 154 Å². The van der Waals surface area contributed by atoms with Crippen LogP contribution in [0.1, 0.15) is 26.2 Å². The number of piperidine rings is 1. The minimum absolute atomic E-state index is 0.00462. The van der Waals surface area contributed by atoms with Gasteiger partial charge in [-0.1, -0.05) is 6.92 Å². The van der Waals surface area contributed by atoms with Gasteiger partial charge in [0.15, 0.2) is 0 Å². The molecule has 1 saturated heterocycles. The molecule has 1 amide bonds. The second-order valence-electron chi connectivity index (χ2n) is 6.72. The summed E-state index contributed by atoms with van der Waals surface area (Å²) < 4.78 is 5.13. The largest absolute Gasteiger partial charge is 0.497 e. The molecule has 7 nitrogen and oxygen atoms in total. The van der Waals surface area contributed by atoms with Gasteiger partial charge in [0, 0.05) is 24.8 Å². The van der Waals surface area contributed by atoms with Crippen molar-refractivity contribution in [2.75, 3.05) is 39.1 Å². The van der Waals surface area contributed by atoms with E-state index in [-0.39, 0.29) is 24.5 Å². The third-order valence-electron chi connectivity index (χ3n) is 4.99. The number of likely N-dealkylation sites (tertiary alicyclic amines) is 1. The summed E-state index contributed by atoms with van der Waals surface area (Å²) in [6, 6.07) is 7.38. The van der Waals surface area contributed by atoms with Crippen LogP contribution in [0, 0.1) is 0 Å². The van der Waals surface area contributed by atoms with Crippen molar-refractivity contribution >= 4 is 17.6 Å². The molecule has 26 heavy (non-hydrogen) atoms. The number of likely N-dealkylation sites (N-methyl/N-ethyl adjacent to an activating group) is 1. The molecule has 2 rings (SSSR count). The smallest absolute Gasteiger partial charge is 0.317 e. The lowest BCUT2D eigenvalue weighted by Crippen LogP contribution is -2.51. The SMILES string of the molecule is CCC(C(=O)Nc1ccc(OC)cc1)N1CCC(N(C)CC(=O)O)CC1. The van der Waals surface area contributed by atoms with Gasteiger partial charge in [0.25, 0.3) is 0 Å². The summed E-state index contributed by atoms with van der Waals surface area (Å²) in [7, 11) is 3.46. The van der Waals surface area contributed by atoms with Crippen LogP contribution < -0.4 is 10.1 Å². The molecule has 0 aromatic heterocycles. The quantitative estimate of drug-likeness (QED) is 0.734. The third kappa shape index (κ3) is 5.44. The van der Waals surface area contributed by atoms with Crippen molar-refractivity contribution in [2.45, 2.75) is 38.3 Å². The molecule has 7 heteroatoms. The molecule has 1 fully saturated rings. The Morgan fingerprint density at radius 2 is 1.92 bits per heavy atom. The fourth-order valence-corrected chi connectivity index (χ4v) is 3.49.